The van der Waals surface area contributed by atoms with Gasteiger partial charge in [0.25, 0.3) is 0 Å². The standard InChI is InChI=1S/C11H11ClN2O2/c12-7-10(13)14-9-4-1-8(2-5-9)3-6-11(15)16/h1-6H,7H2,(H2,13,14)(H,15,16). The van der Waals surface area contributed by atoms with E-state index in [1.807, 2.05) is 0 Å². The fourth-order valence-electron chi connectivity index (χ4n) is 1.02. The topological polar surface area (TPSA) is 75.7 Å². The Bertz CT molecular complexity index is 424. The number of aliphatic imine (C=N–C) groups is 1. The number of amidine groups is 1. The first-order valence-corrected chi connectivity index (χ1v) is 5.05. The Labute approximate surface area is 98.1 Å². The monoisotopic (exact) mass is 238 g/mol. The molecule has 0 unspecified atom stereocenters. The van der Waals surface area contributed by atoms with Crippen LogP contribution in [0.1, 0.15) is 5.56 Å². The molecule has 16 heavy (non-hydrogen) atoms. The molecule has 0 saturated carbocycles. The Morgan fingerprint density at radius 1 is 1.44 bits per heavy atom. The molecule has 0 radical (unpaired) electrons. The number of halogens is 1. The largest absolute Gasteiger partial charge is 0.478 e. The normalized spacial score (nSPS) is 11.9. The smallest absolute Gasteiger partial charge is 0.328 e. The lowest BCUT2D eigenvalue weighted by Gasteiger charge is -1.97. The molecule has 1 aromatic carbocycles. The van der Waals surface area contributed by atoms with Crippen molar-refractivity contribution in [1.29, 1.82) is 0 Å². The highest BCUT2D eigenvalue weighted by Crippen LogP contribution is 2.13. The predicted octanol–water partition coefficient (Wildman–Crippen LogP) is 2.01. The number of carboxylic acids is 1. The van der Waals surface area contributed by atoms with Crippen LogP contribution < -0.4 is 5.73 Å². The Morgan fingerprint density at radius 2 is 2.06 bits per heavy atom. The molecule has 0 aliphatic rings. The predicted molar refractivity (Wildman–Crippen MR) is 65.1 cm³/mol. The Kier molecular flexibility index (Phi) is 4.54. The molecule has 3 N–H and O–H groups in total. The molecule has 0 aromatic heterocycles. The summed E-state index contributed by atoms with van der Waals surface area (Å²) in [6.45, 7) is 0. The van der Waals surface area contributed by atoms with Gasteiger partial charge in [0, 0.05) is 6.08 Å². The van der Waals surface area contributed by atoms with Crippen molar-refractivity contribution in [2.45, 2.75) is 0 Å². The highest BCUT2D eigenvalue weighted by Gasteiger charge is 1.93. The second-order valence-corrected chi connectivity index (χ2v) is 3.27. The van der Waals surface area contributed by atoms with E-state index in [2.05, 4.69) is 4.99 Å². The number of alkyl halides is 1. The molecule has 84 valence electrons. The van der Waals surface area contributed by atoms with E-state index in [1.165, 1.54) is 6.08 Å². The molecule has 0 heterocycles. The Balaban J connectivity index is 2.79. The molecule has 0 bridgehead atoms. The van der Waals surface area contributed by atoms with Crippen molar-refractivity contribution in [3.05, 3.63) is 35.9 Å². The summed E-state index contributed by atoms with van der Waals surface area (Å²) in [7, 11) is 0. The summed E-state index contributed by atoms with van der Waals surface area (Å²) in [4.78, 5) is 14.3. The van der Waals surface area contributed by atoms with Crippen LogP contribution in [0.2, 0.25) is 0 Å². The number of nitrogens with two attached hydrogens (primary N) is 1. The minimum Gasteiger partial charge on any atom is -0.478 e. The first-order chi connectivity index (χ1) is 7.61. The minimum atomic E-state index is -0.978. The van der Waals surface area contributed by atoms with Crippen LogP contribution in [0.3, 0.4) is 0 Å². The minimum absolute atomic E-state index is 0.181. The maximum Gasteiger partial charge on any atom is 0.328 e. The molecule has 4 nitrogen and oxygen atoms in total. The van der Waals surface area contributed by atoms with Crippen molar-refractivity contribution in [3.63, 3.8) is 0 Å². The summed E-state index contributed by atoms with van der Waals surface area (Å²) in [5.41, 5.74) is 6.94. The van der Waals surface area contributed by atoms with Crippen LogP contribution in [0.5, 0.6) is 0 Å². The summed E-state index contributed by atoms with van der Waals surface area (Å²) in [6.07, 6.45) is 2.58. The maximum absolute atomic E-state index is 10.3. The van der Waals surface area contributed by atoms with E-state index in [0.717, 1.165) is 11.6 Å². The van der Waals surface area contributed by atoms with Crippen molar-refractivity contribution >= 4 is 35.2 Å². The van der Waals surface area contributed by atoms with Gasteiger partial charge in [-0.2, -0.15) is 0 Å². The van der Waals surface area contributed by atoms with E-state index < -0.39 is 5.97 Å². The van der Waals surface area contributed by atoms with Crippen molar-refractivity contribution in [2.24, 2.45) is 10.7 Å². The average Bonchev–Trinajstić information content (AvgIpc) is 2.28. The first kappa shape index (κ1) is 12.3. The molecule has 5 heteroatoms. The number of carboxylic acid groups (broad SMARTS) is 1. The van der Waals surface area contributed by atoms with Gasteiger partial charge in [-0.25, -0.2) is 9.79 Å². The number of rotatable bonds is 4. The summed E-state index contributed by atoms with van der Waals surface area (Å²) < 4.78 is 0. The van der Waals surface area contributed by atoms with Crippen molar-refractivity contribution < 1.29 is 9.90 Å². The lowest BCUT2D eigenvalue weighted by molar-refractivity contribution is -0.131. The van der Waals surface area contributed by atoms with Gasteiger partial charge in [-0.1, -0.05) is 12.1 Å². The van der Waals surface area contributed by atoms with Crippen LogP contribution >= 0.6 is 11.6 Å². The molecule has 1 rings (SSSR count). The van der Waals surface area contributed by atoms with E-state index >= 15 is 0 Å². The van der Waals surface area contributed by atoms with Crippen LogP contribution in [0.15, 0.2) is 35.3 Å². The number of hydrogen-bond donors (Lipinski definition) is 2. The SMILES string of the molecule is NC(CCl)=Nc1ccc(C=CC(=O)O)cc1. The van der Waals surface area contributed by atoms with Crippen LogP contribution in [0.4, 0.5) is 5.69 Å². The van der Waals surface area contributed by atoms with E-state index in [0.29, 0.717) is 11.5 Å². The summed E-state index contributed by atoms with van der Waals surface area (Å²) in [5.74, 6) is -0.454. The fraction of sp³-hybridized carbons (Fsp3) is 0.0909. The number of benzene rings is 1. The molecular formula is C11H11ClN2O2. The third kappa shape index (κ3) is 4.14. The van der Waals surface area contributed by atoms with Gasteiger partial charge in [-0.05, 0) is 23.8 Å². The van der Waals surface area contributed by atoms with Gasteiger partial charge in [0.05, 0.1) is 11.6 Å². The van der Waals surface area contributed by atoms with Gasteiger partial charge in [-0.15, -0.1) is 11.6 Å². The Hall–Kier alpha value is -1.81. The zero-order valence-electron chi connectivity index (χ0n) is 8.43. The van der Waals surface area contributed by atoms with E-state index in [1.54, 1.807) is 24.3 Å². The summed E-state index contributed by atoms with van der Waals surface area (Å²) in [6, 6.07) is 6.97. The maximum atomic E-state index is 10.3. The molecule has 0 aliphatic carbocycles. The first-order valence-electron chi connectivity index (χ1n) is 4.52. The second kappa shape index (κ2) is 5.92. The van der Waals surface area contributed by atoms with Crippen LogP contribution in [-0.2, 0) is 4.79 Å². The zero-order chi connectivity index (χ0) is 12.0. The fourth-order valence-corrected chi connectivity index (χ4v) is 1.08. The highest BCUT2D eigenvalue weighted by atomic mass is 35.5. The van der Waals surface area contributed by atoms with Crippen LogP contribution in [0.25, 0.3) is 6.08 Å². The summed E-state index contributed by atoms with van der Waals surface area (Å²) >= 11 is 5.49. The molecule has 0 spiro atoms. The van der Waals surface area contributed by atoms with Gasteiger partial charge in [-0.3, -0.25) is 0 Å². The van der Waals surface area contributed by atoms with Gasteiger partial charge in [0.2, 0.25) is 0 Å². The second-order valence-electron chi connectivity index (χ2n) is 3.00. The quantitative estimate of drug-likeness (QED) is 0.365. The van der Waals surface area contributed by atoms with E-state index in [4.69, 9.17) is 22.4 Å². The van der Waals surface area contributed by atoms with E-state index in [9.17, 15) is 4.79 Å². The number of carbonyl (C=O) groups is 1. The lowest BCUT2D eigenvalue weighted by Crippen LogP contribution is -2.12. The molecule has 0 aliphatic heterocycles. The third-order valence-electron chi connectivity index (χ3n) is 1.72. The van der Waals surface area contributed by atoms with Crippen LogP contribution in [-0.4, -0.2) is 22.8 Å². The number of nitrogens with zero attached hydrogens (tertiary/aromatic N) is 1. The van der Waals surface area contributed by atoms with Crippen LogP contribution in [0, 0.1) is 0 Å². The Morgan fingerprint density at radius 3 is 2.56 bits per heavy atom. The molecule has 0 atom stereocenters. The summed E-state index contributed by atoms with van der Waals surface area (Å²) in [5, 5.41) is 8.44. The molecule has 0 saturated heterocycles. The van der Waals surface area contributed by atoms with E-state index in [-0.39, 0.29) is 5.88 Å². The number of hydrogen-bond acceptors (Lipinski definition) is 2. The molecule has 0 fully saturated rings. The highest BCUT2D eigenvalue weighted by molar-refractivity contribution is 6.28. The van der Waals surface area contributed by atoms with Gasteiger partial charge in [0.15, 0.2) is 0 Å². The van der Waals surface area contributed by atoms with Gasteiger partial charge in [0.1, 0.15) is 5.84 Å². The van der Waals surface area contributed by atoms with Crippen molar-refractivity contribution in [3.8, 4) is 0 Å². The zero-order valence-corrected chi connectivity index (χ0v) is 9.19. The average molecular weight is 239 g/mol. The van der Waals surface area contributed by atoms with Gasteiger partial charge >= 0.3 is 5.97 Å². The lowest BCUT2D eigenvalue weighted by atomic mass is 10.2. The van der Waals surface area contributed by atoms with Crippen molar-refractivity contribution in [2.75, 3.05) is 5.88 Å². The molecule has 1 aromatic rings. The molecular weight excluding hydrogens is 228 g/mol. The number of aliphatic carboxylic acids is 1. The van der Waals surface area contributed by atoms with Crippen molar-refractivity contribution in [1.82, 2.24) is 0 Å². The van der Waals surface area contributed by atoms with Gasteiger partial charge < -0.3 is 10.8 Å². The molecule has 0 amide bonds. The third-order valence-corrected chi connectivity index (χ3v) is 1.99.